The number of carbonyl (C=O) groups is 1. The van der Waals surface area contributed by atoms with Crippen LogP contribution < -0.4 is 5.32 Å². The Morgan fingerprint density at radius 2 is 0.828 bits per heavy atom. The number of allylic oxidation sites excluding steroid dienone is 1. The third-order valence-corrected chi connectivity index (χ3v) is 14.0. The van der Waals surface area contributed by atoms with Gasteiger partial charge in [-0.25, -0.2) is 4.57 Å². The van der Waals surface area contributed by atoms with Gasteiger partial charge in [-0.1, -0.05) is 270 Å². The fourth-order valence-corrected chi connectivity index (χ4v) is 9.31. The molecule has 1 amide bonds. The lowest BCUT2D eigenvalue weighted by molar-refractivity contribution is -0.870. The Kier molecular flexibility index (Phi) is 46.8. The summed E-state index contributed by atoms with van der Waals surface area (Å²) in [7, 11) is 1.59. The van der Waals surface area contributed by atoms with Crippen molar-refractivity contribution in [2.24, 2.45) is 0 Å². The summed E-state index contributed by atoms with van der Waals surface area (Å²) in [6.07, 6.45) is 57.6. The molecule has 0 fully saturated rings. The molecule has 0 heterocycles. The number of rotatable bonds is 52. The first kappa shape index (κ1) is 63.2. The standard InChI is InChI=1S/C55H111N2O6P/c1-6-8-10-12-14-16-18-19-20-21-22-23-24-25-26-27-28-29-30-31-32-33-34-35-36-37-39-41-43-45-47-49-55(59)56-53(52-63-64(60,61)62-51-50-57(3,4)5)54(58)48-46-44-42-40-38-17-15-13-11-9-7-2/h46,48,53-54,58H,6-45,47,49-52H2,1-5H3,(H-,56,59,60,61)/p+1/b48-46+/t53-,54+/m0/s1. The fraction of sp³-hybridized carbons (Fsp3) is 0.945. The highest BCUT2D eigenvalue weighted by Crippen LogP contribution is 2.43. The Bertz CT molecular complexity index is 1050. The third-order valence-electron chi connectivity index (χ3n) is 13.0. The zero-order valence-corrected chi connectivity index (χ0v) is 44.4. The van der Waals surface area contributed by atoms with Crippen molar-refractivity contribution in [1.29, 1.82) is 0 Å². The lowest BCUT2D eigenvalue weighted by Crippen LogP contribution is -2.45. The summed E-state index contributed by atoms with van der Waals surface area (Å²) < 4.78 is 23.6. The second kappa shape index (κ2) is 47.3. The normalized spacial score (nSPS) is 14.0. The van der Waals surface area contributed by atoms with Crippen LogP contribution in [0.15, 0.2) is 12.2 Å². The molecule has 1 unspecified atom stereocenters. The van der Waals surface area contributed by atoms with E-state index < -0.39 is 20.0 Å². The lowest BCUT2D eigenvalue weighted by Gasteiger charge is -2.25. The molecule has 0 bridgehead atoms. The van der Waals surface area contributed by atoms with Gasteiger partial charge in [0.1, 0.15) is 13.2 Å². The molecule has 9 heteroatoms. The van der Waals surface area contributed by atoms with E-state index in [-0.39, 0.29) is 19.1 Å². The number of quaternary nitrogens is 1. The van der Waals surface area contributed by atoms with Crippen LogP contribution in [0, 0.1) is 0 Å². The molecule has 382 valence electrons. The number of unbranched alkanes of at least 4 members (excludes halogenated alkanes) is 39. The van der Waals surface area contributed by atoms with Crippen LogP contribution >= 0.6 is 7.82 Å². The second-order valence-electron chi connectivity index (χ2n) is 20.7. The smallest absolute Gasteiger partial charge is 0.387 e. The van der Waals surface area contributed by atoms with E-state index in [1.165, 1.54) is 225 Å². The average Bonchev–Trinajstić information content (AvgIpc) is 3.25. The molecule has 3 N–H and O–H groups in total. The molecule has 0 rings (SSSR count). The quantitative estimate of drug-likeness (QED) is 0.0243. The van der Waals surface area contributed by atoms with E-state index in [0.717, 1.165) is 38.5 Å². The van der Waals surface area contributed by atoms with Crippen LogP contribution in [0.3, 0.4) is 0 Å². The summed E-state index contributed by atoms with van der Waals surface area (Å²) in [5.74, 6) is -0.172. The van der Waals surface area contributed by atoms with Gasteiger partial charge in [0.15, 0.2) is 0 Å². The van der Waals surface area contributed by atoms with Crippen molar-refractivity contribution < 1.29 is 32.9 Å². The van der Waals surface area contributed by atoms with Crippen LogP contribution in [0.4, 0.5) is 0 Å². The number of amides is 1. The first-order valence-electron chi connectivity index (χ1n) is 28.1. The van der Waals surface area contributed by atoms with Gasteiger partial charge in [-0.3, -0.25) is 13.8 Å². The van der Waals surface area contributed by atoms with Crippen LogP contribution in [-0.4, -0.2) is 73.4 Å². The summed E-state index contributed by atoms with van der Waals surface area (Å²) in [5.41, 5.74) is 0. The van der Waals surface area contributed by atoms with Gasteiger partial charge in [0.25, 0.3) is 0 Å². The number of carbonyl (C=O) groups excluding carboxylic acids is 1. The first-order chi connectivity index (χ1) is 31.0. The molecular weight excluding hydrogens is 816 g/mol. The highest BCUT2D eigenvalue weighted by Gasteiger charge is 2.27. The molecule has 3 atom stereocenters. The van der Waals surface area contributed by atoms with E-state index in [2.05, 4.69) is 19.2 Å². The van der Waals surface area contributed by atoms with E-state index in [4.69, 9.17) is 9.05 Å². The molecule has 0 aromatic rings. The van der Waals surface area contributed by atoms with Gasteiger partial charge >= 0.3 is 7.82 Å². The molecular formula is C55H112N2O6P+. The number of hydrogen-bond donors (Lipinski definition) is 3. The van der Waals surface area contributed by atoms with E-state index >= 15 is 0 Å². The Balaban J connectivity index is 3.95. The van der Waals surface area contributed by atoms with Crippen molar-refractivity contribution in [2.75, 3.05) is 40.9 Å². The highest BCUT2D eigenvalue weighted by atomic mass is 31.2. The van der Waals surface area contributed by atoms with Crippen LogP contribution in [0.25, 0.3) is 0 Å². The molecule has 0 aromatic carbocycles. The fourth-order valence-electron chi connectivity index (χ4n) is 8.57. The maximum absolute atomic E-state index is 12.9. The minimum atomic E-state index is -4.33. The minimum absolute atomic E-state index is 0.0647. The maximum Gasteiger partial charge on any atom is 0.472 e. The van der Waals surface area contributed by atoms with Gasteiger partial charge in [0.2, 0.25) is 5.91 Å². The largest absolute Gasteiger partial charge is 0.472 e. The lowest BCUT2D eigenvalue weighted by atomic mass is 10.0. The predicted octanol–water partition coefficient (Wildman–Crippen LogP) is 16.7. The Hall–Kier alpha value is -0.760. The van der Waals surface area contributed by atoms with E-state index in [9.17, 15) is 19.4 Å². The third kappa shape index (κ3) is 49.2. The van der Waals surface area contributed by atoms with E-state index in [1.807, 2.05) is 27.2 Å². The molecule has 0 aromatic heterocycles. The number of phosphoric acid groups is 1. The van der Waals surface area contributed by atoms with Crippen molar-refractivity contribution >= 4 is 13.7 Å². The van der Waals surface area contributed by atoms with Crippen LogP contribution in [-0.2, 0) is 18.4 Å². The predicted molar refractivity (Wildman–Crippen MR) is 277 cm³/mol. The number of aliphatic hydroxyl groups is 1. The van der Waals surface area contributed by atoms with Gasteiger partial charge in [-0.05, 0) is 19.3 Å². The summed E-state index contributed by atoms with van der Waals surface area (Å²) in [6.45, 7) is 4.84. The van der Waals surface area contributed by atoms with Gasteiger partial charge in [0.05, 0.1) is 39.9 Å². The summed E-state index contributed by atoms with van der Waals surface area (Å²) in [4.78, 5) is 23.2. The van der Waals surface area contributed by atoms with Gasteiger partial charge in [0, 0.05) is 6.42 Å². The van der Waals surface area contributed by atoms with Crippen LogP contribution in [0.2, 0.25) is 0 Å². The number of phosphoric ester groups is 1. The summed E-state index contributed by atoms with van der Waals surface area (Å²) in [6, 6.07) is -0.840. The average molecular weight is 928 g/mol. The molecule has 0 aliphatic carbocycles. The first-order valence-corrected chi connectivity index (χ1v) is 29.6. The number of nitrogens with zero attached hydrogens (tertiary/aromatic N) is 1. The highest BCUT2D eigenvalue weighted by molar-refractivity contribution is 7.47. The number of nitrogens with one attached hydrogen (secondary N) is 1. The van der Waals surface area contributed by atoms with Crippen LogP contribution in [0.1, 0.15) is 284 Å². The molecule has 0 radical (unpaired) electrons. The van der Waals surface area contributed by atoms with Crippen LogP contribution in [0.5, 0.6) is 0 Å². The molecule has 0 saturated heterocycles. The Labute approximate surface area is 399 Å². The van der Waals surface area contributed by atoms with Gasteiger partial charge < -0.3 is 19.8 Å². The molecule has 0 spiro atoms. The van der Waals surface area contributed by atoms with E-state index in [0.29, 0.717) is 17.4 Å². The minimum Gasteiger partial charge on any atom is -0.387 e. The molecule has 0 aliphatic rings. The molecule has 0 aliphatic heterocycles. The number of hydrogen-bond acceptors (Lipinski definition) is 5. The zero-order chi connectivity index (χ0) is 47.1. The summed E-state index contributed by atoms with van der Waals surface area (Å²) >= 11 is 0. The van der Waals surface area contributed by atoms with Gasteiger partial charge in [-0.2, -0.15) is 0 Å². The van der Waals surface area contributed by atoms with Crippen molar-refractivity contribution in [1.82, 2.24) is 5.32 Å². The Morgan fingerprint density at radius 1 is 0.516 bits per heavy atom. The monoisotopic (exact) mass is 928 g/mol. The Morgan fingerprint density at radius 3 is 1.16 bits per heavy atom. The number of likely N-dealkylation sites (N-methyl/N-ethyl adjacent to an activating group) is 1. The van der Waals surface area contributed by atoms with Crippen molar-refractivity contribution in [3.63, 3.8) is 0 Å². The van der Waals surface area contributed by atoms with Crippen molar-refractivity contribution in [2.45, 2.75) is 296 Å². The topological polar surface area (TPSA) is 105 Å². The maximum atomic E-state index is 12.9. The van der Waals surface area contributed by atoms with Gasteiger partial charge in [-0.15, -0.1) is 0 Å². The second-order valence-corrected chi connectivity index (χ2v) is 22.1. The molecule has 64 heavy (non-hydrogen) atoms. The van der Waals surface area contributed by atoms with Crippen molar-refractivity contribution in [3.8, 4) is 0 Å². The SMILES string of the molecule is CCCCCCCCCCC/C=C/[C@@H](O)[C@H](COP(=O)(O)OCC[N+](C)(C)C)NC(=O)CCCCCCCCCCCCCCCCCCCCCCCCCCCCCCCCC. The zero-order valence-electron chi connectivity index (χ0n) is 43.6. The summed E-state index contributed by atoms with van der Waals surface area (Å²) in [5, 5.41) is 13.8. The number of aliphatic hydroxyl groups excluding tert-OH is 1. The molecule has 8 nitrogen and oxygen atoms in total. The molecule has 0 saturated carbocycles. The van der Waals surface area contributed by atoms with Crippen molar-refractivity contribution in [3.05, 3.63) is 12.2 Å². The van der Waals surface area contributed by atoms with E-state index in [1.54, 1.807) is 6.08 Å².